The van der Waals surface area contributed by atoms with Gasteiger partial charge in [-0.25, -0.2) is 0 Å². The first-order chi connectivity index (χ1) is 22.2. The average Bonchev–Trinajstić information content (AvgIpc) is 3.35. The fraction of sp³-hybridized carbons (Fsp3) is 0.897. The first kappa shape index (κ1) is 41.6. The van der Waals surface area contributed by atoms with E-state index in [1.807, 2.05) is 0 Å². The van der Waals surface area contributed by atoms with Crippen LogP contribution in [0.15, 0.2) is 11.6 Å². The molecule has 0 aromatic rings. The van der Waals surface area contributed by atoms with E-state index in [-0.39, 0.29) is 64.3 Å². The fourth-order valence-electron chi connectivity index (χ4n) is 10.9. The summed E-state index contributed by atoms with van der Waals surface area (Å²) in [6, 6.07) is 0.562. The number of ether oxygens (including phenoxy) is 1. The Labute approximate surface area is 306 Å². The Bertz CT molecular complexity index is 1050. The Morgan fingerprint density at radius 2 is 1.67 bits per heavy atom. The van der Waals surface area contributed by atoms with E-state index in [4.69, 9.17) is 21.3 Å². The number of aliphatic carboxylic acids is 2. The maximum absolute atomic E-state index is 11.1. The molecule has 8 nitrogen and oxygen atoms in total. The number of carboxylic acid groups (broad SMARTS) is 2. The van der Waals surface area contributed by atoms with Gasteiger partial charge in [-0.15, -0.1) is 0 Å². The Morgan fingerprint density at radius 1 is 0.979 bits per heavy atom. The third-order valence-corrected chi connectivity index (χ3v) is 13.6. The van der Waals surface area contributed by atoms with E-state index >= 15 is 0 Å². The molecule has 4 fully saturated rings. The second-order valence-corrected chi connectivity index (χ2v) is 17.1. The summed E-state index contributed by atoms with van der Waals surface area (Å²) < 4.78 is 6.19. The summed E-state index contributed by atoms with van der Waals surface area (Å²) in [5.74, 6) is 2.69. The van der Waals surface area contributed by atoms with E-state index in [9.17, 15) is 14.7 Å². The Balaban J connectivity index is 0.000000608. The van der Waals surface area contributed by atoms with Crippen LogP contribution < -0.4 is 16.6 Å². The van der Waals surface area contributed by atoms with E-state index < -0.39 is 11.9 Å². The van der Waals surface area contributed by atoms with E-state index in [1.54, 1.807) is 5.57 Å². The molecular weight excluding hydrogens is 786 g/mol. The summed E-state index contributed by atoms with van der Waals surface area (Å²) in [4.78, 5) is 23.4. The second kappa shape index (κ2) is 18.6. The largest absolute Gasteiger partial charge is 0.549 e. The molecule has 0 aromatic heterocycles. The summed E-state index contributed by atoms with van der Waals surface area (Å²) in [6.45, 7) is 12.4. The van der Waals surface area contributed by atoms with Gasteiger partial charge >= 0.3 is 5.97 Å². The van der Waals surface area contributed by atoms with Crippen LogP contribution in [0.25, 0.3) is 0 Å². The van der Waals surface area contributed by atoms with Crippen LogP contribution in [0.4, 0.5) is 0 Å². The van der Waals surface area contributed by atoms with Crippen molar-refractivity contribution in [1.29, 1.82) is 0 Å². The molecule has 0 saturated heterocycles. The molecule has 0 heterocycles. The van der Waals surface area contributed by atoms with Crippen LogP contribution in [0.5, 0.6) is 0 Å². The smallest absolute Gasteiger partial charge is 0.317 e. The number of carbonyl (C=O) groups excluding carboxylic acids is 1. The molecule has 280 valence electrons. The van der Waals surface area contributed by atoms with E-state index in [0.717, 1.165) is 67.6 Å². The van der Waals surface area contributed by atoms with E-state index in [0.29, 0.717) is 12.0 Å². The van der Waals surface area contributed by atoms with Gasteiger partial charge in [0.05, 0.1) is 25.2 Å². The minimum absolute atomic E-state index is 0. The molecule has 5 aliphatic carbocycles. The van der Waals surface area contributed by atoms with Crippen LogP contribution in [0, 0.1) is 46.3 Å². The Hall–Kier alpha value is -0.792. The van der Waals surface area contributed by atoms with Gasteiger partial charge in [0.2, 0.25) is 0 Å². The number of carboxylic acids is 2. The first-order valence-corrected chi connectivity index (χ1v) is 19.2. The van der Waals surface area contributed by atoms with Gasteiger partial charge in [-0.05, 0) is 111 Å². The molecule has 0 radical (unpaired) electrons. The number of hydrogen-bond donors (Lipinski definition) is 3. The van der Waals surface area contributed by atoms with Crippen molar-refractivity contribution >= 4 is 11.9 Å². The second-order valence-electron chi connectivity index (χ2n) is 17.1. The van der Waals surface area contributed by atoms with Crippen LogP contribution in [0.1, 0.15) is 131 Å². The molecule has 48 heavy (non-hydrogen) atoms. The number of carbonyl (C=O) groups is 2. The predicted molar refractivity (Wildman–Crippen MR) is 186 cm³/mol. The summed E-state index contributed by atoms with van der Waals surface area (Å²) in [6.07, 6.45) is 21.6. The molecule has 0 aromatic carbocycles. The zero-order chi connectivity index (χ0) is 34.4. The molecule has 10 unspecified atom stereocenters. The average molecular weight is 854 g/mol. The molecular formula is C39H68N3O5Pt-. The van der Waals surface area contributed by atoms with Crippen molar-refractivity contribution in [1.82, 2.24) is 4.90 Å². The third kappa shape index (κ3) is 10.4. The molecule has 5 rings (SSSR count). The SMILES string of the molecule is CC(C)CCCC(C)C1CCC2C3CC=C4CC(OCCN(CC(=O)[O-])CC(=O)O)CCC4(C)C3CCC12C.NC1CCCCC1N.[Pt]. The normalized spacial score (nSPS) is 36.4. The van der Waals surface area contributed by atoms with Crippen molar-refractivity contribution in [3.63, 3.8) is 0 Å². The van der Waals surface area contributed by atoms with E-state index in [1.165, 1.54) is 69.1 Å². The summed E-state index contributed by atoms with van der Waals surface area (Å²) in [5.41, 5.74) is 13.7. The number of nitrogens with two attached hydrogens (primary N) is 2. The molecule has 0 spiro atoms. The maximum atomic E-state index is 11.1. The van der Waals surface area contributed by atoms with Gasteiger partial charge in [0.25, 0.3) is 0 Å². The molecule has 5 N–H and O–H groups in total. The van der Waals surface area contributed by atoms with Crippen LogP contribution in [-0.2, 0) is 35.4 Å². The van der Waals surface area contributed by atoms with Gasteiger partial charge in [0.1, 0.15) is 0 Å². The molecule has 10 atom stereocenters. The van der Waals surface area contributed by atoms with Crippen LogP contribution in [0.3, 0.4) is 0 Å². The van der Waals surface area contributed by atoms with Crippen LogP contribution >= 0.6 is 0 Å². The standard InChI is InChI=1S/C33H55NO5.C6H14N2.Pt/c1-22(2)7-6-8-23(3)27-11-12-28-26-10-9-24-19-25(39-18-17-34(20-30(35)36)21-31(37)38)13-15-32(24,4)29(26)14-16-33(27,28)5;7-5-3-1-2-4-6(5)8;/h9,22-23,25-29H,6-8,10-21H2,1-5H3,(H,35,36)(H,37,38);5-6H,1-4,7-8H2;/p-1. The topological polar surface area (TPSA) is 142 Å². The summed E-state index contributed by atoms with van der Waals surface area (Å²) in [5, 5.41) is 20.0. The molecule has 0 bridgehead atoms. The van der Waals surface area contributed by atoms with Crippen molar-refractivity contribution in [2.24, 2.45) is 57.8 Å². The minimum atomic E-state index is -1.26. The number of allylic oxidation sites excluding steroid dienone is 1. The third-order valence-electron chi connectivity index (χ3n) is 13.6. The number of rotatable bonds is 13. The van der Waals surface area contributed by atoms with Crippen molar-refractivity contribution in [2.75, 3.05) is 26.2 Å². The zero-order valence-electron chi connectivity index (χ0n) is 30.7. The minimum Gasteiger partial charge on any atom is -0.549 e. The quantitative estimate of drug-likeness (QED) is 0.199. The first-order valence-electron chi connectivity index (χ1n) is 19.2. The number of hydrogen-bond acceptors (Lipinski definition) is 7. The van der Waals surface area contributed by atoms with Gasteiger partial charge in [0.15, 0.2) is 0 Å². The number of fused-ring (bicyclic) bond motifs is 5. The predicted octanol–water partition coefficient (Wildman–Crippen LogP) is 5.76. The molecule has 4 saturated carbocycles. The van der Waals surface area contributed by atoms with Crippen molar-refractivity contribution < 1.29 is 45.6 Å². The maximum Gasteiger partial charge on any atom is 0.317 e. The van der Waals surface area contributed by atoms with Crippen LogP contribution in [0.2, 0.25) is 0 Å². The van der Waals surface area contributed by atoms with Crippen molar-refractivity contribution in [2.45, 2.75) is 149 Å². The molecule has 5 aliphatic rings. The number of nitrogens with zero attached hydrogens (tertiary/aromatic N) is 1. The van der Waals surface area contributed by atoms with Gasteiger partial charge in [-0.1, -0.05) is 78.4 Å². The van der Waals surface area contributed by atoms with Crippen molar-refractivity contribution in [3.8, 4) is 0 Å². The fourth-order valence-corrected chi connectivity index (χ4v) is 10.9. The summed E-state index contributed by atoms with van der Waals surface area (Å²) in [7, 11) is 0. The Morgan fingerprint density at radius 3 is 2.27 bits per heavy atom. The van der Waals surface area contributed by atoms with Gasteiger partial charge < -0.3 is 31.2 Å². The molecule has 0 aliphatic heterocycles. The van der Waals surface area contributed by atoms with Crippen molar-refractivity contribution in [3.05, 3.63) is 11.6 Å². The van der Waals surface area contributed by atoms with Gasteiger partial charge in [-0.2, -0.15) is 0 Å². The summed E-state index contributed by atoms with van der Waals surface area (Å²) >= 11 is 0. The molecule has 9 heteroatoms. The Kier molecular flexibility index (Phi) is 16.2. The van der Waals surface area contributed by atoms with Crippen LogP contribution in [-0.4, -0.2) is 66.4 Å². The molecule has 0 amide bonds. The van der Waals surface area contributed by atoms with Gasteiger partial charge in [-0.3, -0.25) is 9.69 Å². The van der Waals surface area contributed by atoms with Gasteiger partial charge in [0, 0.05) is 46.2 Å². The van der Waals surface area contributed by atoms with E-state index in [2.05, 4.69) is 40.7 Å². The monoisotopic (exact) mass is 853 g/mol. The zero-order valence-corrected chi connectivity index (χ0v) is 33.0.